The fraction of sp³-hybridized carbons (Fsp3) is 0.174. The molecule has 2 amide bonds. The molecule has 6 nitrogen and oxygen atoms in total. The molecule has 2 N–H and O–H groups in total. The van der Waals surface area contributed by atoms with E-state index in [1.807, 2.05) is 0 Å². The molecule has 3 rings (SSSR count). The van der Waals surface area contributed by atoms with Crippen LogP contribution in [0.3, 0.4) is 0 Å². The minimum absolute atomic E-state index is 0.289. The summed E-state index contributed by atoms with van der Waals surface area (Å²) in [4.78, 5) is 36.6. The molecule has 0 aliphatic heterocycles. The molecule has 2 aromatic carbocycles. The van der Waals surface area contributed by atoms with Crippen molar-refractivity contribution in [3.8, 4) is 0 Å². The van der Waals surface area contributed by atoms with Gasteiger partial charge in [0.15, 0.2) is 0 Å². The molecule has 3 aromatic rings. The summed E-state index contributed by atoms with van der Waals surface area (Å²) in [6, 6.07) is 16.7. The molecular formula is C23H20F3N3O3. The lowest BCUT2D eigenvalue weighted by Crippen LogP contribution is -2.35. The molecule has 0 radical (unpaired) electrons. The van der Waals surface area contributed by atoms with Gasteiger partial charge in [-0.3, -0.25) is 14.4 Å². The van der Waals surface area contributed by atoms with E-state index in [4.69, 9.17) is 0 Å². The zero-order chi connectivity index (χ0) is 23.3. The molecule has 0 aliphatic rings. The average Bonchev–Trinajstić information content (AvgIpc) is 2.75. The van der Waals surface area contributed by atoms with Gasteiger partial charge in [-0.2, -0.15) is 13.2 Å². The van der Waals surface area contributed by atoms with Crippen LogP contribution in [-0.4, -0.2) is 16.4 Å². The van der Waals surface area contributed by atoms with Crippen molar-refractivity contribution in [2.24, 2.45) is 0 Å². The fourth-order valence-electron chi connectivity index (χ4n) is 3.08. The van der Waals surface area contributed by atoms with Crippen molar-refractivity contribution in [2.45, 2.75) is 25.7 Å². The Bertz CT molecular complexity index is 1170. The standard InChI is InChI=1S/C23H20F3N3O3/c1-15(27-20(30)14-29-12-6-11-19(22(29)32)23(24,25)26)17-9-5-10-18(13-17)28-21(31)16-7-3-2-4-8-16/h2-13,15H,14H2,1H3,(H,27,30)(H,28,31). The minimum atomic E-state index is -4.80. The normalized spacial score (nSPS) is 12.1. The number of hydrogen-bond donors (Lipinski definition) is 2. The Hall–Kier alpha value is -3.88. The van der Waals surface area contributed by atoms with Gasteiger partial charge in [0.2, 0.25) is 5.91 Å². The second kappa shape index (κ2) is 9.51. The van der Waals surface area contributed by atoms with E-state index in [-0.39, 0.29) is 5.91 Å². The molecular weight excluding hydrogens is 423 g/mol. The Labute approximate surface area is 181 Å². The van der Waals surface area contributed by atoms with Gasteiger partial charge < -0.3 is 15.2 Å². The third-order valence-corrected chi connectivity index (χ3v) is 4.70. The van der Waals surface area contributed by atoms with Crippen molar-refractivity contribution in [2.75, 3.05) is 5.32 Å². The Morgan fingerprint density at radius 2 is 1.72 bits per heavy atom. The molecule has 32 heavy (non-hydrogen) atoms. The highest BCUT2D eigenvalue weighted by atomic mass is 19.4. The van der Waals surface area contributed by atoms with Crippen LogP contribution in [0.1, 0.15) is 34.5 Å². The number of halogens is 3. The van der Waals surface area contributed by atoms with Gasteiger partial charge in [0, 0.05) is 17.4 Å². The van der Waals surface area contributed by atoms with Crippen LogP contribution in [0.4, 0.5) is 18.9 Å². The van der Waals surface area contributed by atoms with Crippen molar-refractivity contribution in [3.63, 3.8) is 0 Å². The monoisotopic (exact) mass is 443 g/mol. The van der Waals surface area contributed by atoms with E-state index in [0.29, 0.717) is 27.4 Å². The number of amides is 2. The SMILES string of the molecule is CC(NC(=O)Cn1cccc(C(F)(F)F)c1=O)c1cccc(NC(=O)c2ccccc2)c1. The van der Waals surface area contributed by atoms with Crippen molar-refractivity contribution >= 4 is 17.5 Å². The summed E-state index contributed by atoms with van der Waals surface area (Å²) < 4.78 is 39.4. The largest absolute Gasteiger partial charge is 0.421 e. The molecule has 0 saturated carbocycles. The molecule has 1 aromatic heterocycles. The van der Waals surface area contributed by atoms with E-state index in [1.165, 1.54) is 0 Å². The average molecular weight is 443 g/mol. The highest BCUT2D eigenvalue weighted by Crippen LogP contribution is 2.26. The Balaban J connectivity index is 1.67. The fourth-order valence-corrected chi connectivity index (χ4v) is 3.08. The predicted octanol–water partition coefficient (Wildman–Crippen LogP) is 4.00. The van der Waals surface area contributed by atoms with Crippen molar-refractivity contribution in [1.29, 1.82) is 0 Å². The highest BCUT2D eigenvalue weighted by Gasteiger charge is 2.34. The molecule has 0 saturated heterocycles. The molecule has 9 heteroatoms. The van der Waals surface area contributed by atoms with E-state index in [2.05, 4.69) is 10.6 Å². The van der Waals surface area contributed by atoms with Crippen molar-refractivity contribution < 1.29 is 22.8 Å². The first kappa shape index (κ1) is 22.8. The molecule has 1 atom stereocenters. The number of carbonyl (C=O) groups is 2. The van der Waals surface area contributed by atoms with Crippen LogP contribution in [0.15, 0.2) is 77.7 Å². The number of alkyl halides is 3. The van der Waals surface area contributed by atoms with Crippen molar-refractivity contribution in [3.05, 3.63) is 100.0 Å². The first-order valence-corrected chi connectivity index (χ1v) is 9.67. The number of nitrogens with zero attached hydrogens (tertiary/aromatic N) is 1. The lowest BCUT2D eigenvalue weighted by molar-refractivity contribution is -0.139. The number of carbonyl (C=O) groups excluding carboxylic acids is 2. The maximum atomic E-state index is 12.9. The minimum Gasteiger partial charge on any atom is -0.348 e. The smallest absolute Gasteiger partial charge is 0.348 e. The van der Waals surface area contributed by atoms with Crippen LogP contribution in [0, 0.1) is 0 Å². The van der Waals surface area contributed by atoms with E-state index in [1.54, 1.807) is 61.5 Å². The van der Waals surface area contributed by atoms with Crippen LogP contribution in [0.5, 0.6) is 0 Å². The molecule has 0 spiro atoms. The second-order valence-corrected chi connectivity index (χ2v) is 7.09. The van der Waals surface area contributed by atoms with E-state index < -0.39 is 35.8 Å². The van der Waals surface area contributed by atoms with Crippen LogP contribution in [0.25, 0.3) is 0 Å². The van der Waals surface area contributed by atoms with Gasteiger partial charge in [-0.05, 0) is 48.9 Å². The van der Waals surface area contributed by atoms with Gasteiger partial charge in [-0.1, -0.05) is 30.3 Å². The zero-order valence-corrected chi connectivity index (χ0v) is 17.0. The zero-order valence-electron chi connectivity index (χ0n) is 17.0. The summed E-state index contributed by atoms with van der Waals surface area (Å²) in [6.07, 6.45) is -3.67. The Morgan fingerprint density at radius 1 is 1.00 bits per heavy atom. The summed E-state index contributed by atoms with van der Waals surface area (Å²) in [6.45, 7) is 1.13. The van der Waals surface area contributed by atoms with E-state index in [0.717, 1.165) is 12.3 Å². The Kier molecular flexibility index (Phi) is 6.77. The van der Waals surface area contributed by atoms with Crippen molar-refractivity contribution in [1.82, 2.24) is 9.88 Å². The van der Waals surface area contributed by atoms with Crippen LogP contribution in [0.2, 0.25) is 0 Å². The van der Waals surface area contributed by atoms with Gasteiger partial charge in [0.25, 0.3) is 11.5 Å². The molecule has 0 bridgehead atoms. The van der Waals surface area contributed by atoms with Gasteiger partial charge in [0.1, 0.15) is 12.1 Å². The number of rotatable bonds is 6. The molecule has 1 heterocycles. The molecule has 166 valence electrons. The summed E-state index contributed by atoms with van der Waals surface area (Å²) in [5, 5.41) is 5.42. The van der Waals surface area contributed by atoms with Crippen LogP contribution >= 0.6 is 0 Å². The summed E-state index contributed by atoms with van der Waals surface area (Å²) in [5.74, 6) is -0.916. The summed E-state index contributed by atoms with van der Waals surface area (Å²) in [7, 11) is 0. The third kappa shape index (κ3) is 5.63. The van der Waals surface area contributed by atoms with Gasteiger partial charge in [-0.25, -0.2) is 0 Å². The number of aromatic nitrogens is 1. The summed E-state index contributed by atoms with van der Waals surface area (Å²) in [5.41, 5.74) is -0.936. The Morgan fingerprint density at radius 3 is 2.41 bits per heavy atom. The van der Waals surface area contributed by atoms with Crippen LogP contribution in [-0.2, 0) is 17.5 Å². The molecule has 1 unspecified atom stereocenters. The maximum Gasteiger partial charge on any atom is 0.421 e. The van der Waals surface area contributed by atoms with E-state index in [9.17, 15) is 27.6 Å². The van der Waals surface area contributed by atoms with Gasteiger partial charge in [0.05, 0.1) is 6.04 Å². The second-order valence-electron chi connectivity index (χ2n) is 7.09. The lowest BCUT2D eigenvalue weighted by Gasteiger charge is -2.17. The summed E-state index contributed by atoms with van der Waals surface area (Å²) >= 11 is 0. The maximum absolute atomic E-state index is 12.9. The first-order chi connectivity index (χ1) is 15.1. The number of pyridine rings is 1. The lowest BCUT2D eigenvalue weighted by atomic mass is 10.1. The van der Waals surface area contributed by atoms with E-state index >= 15 is 0 Å². The number of benzene rings is 2. The number of anilines is 1. The van der Waals surface area contributed by atoms with Gasteiger partial charge >= 0.3 is 6.18 Å². The third-order valence-electron chi connectivity index (χ3n) is 4.70. The molecule has 0 fully saturated rings. The predicted molar refractivity (Wildman–Crippen MR) is 113 cm³/mol. The first-order valence-electron chi connectivity index (χ1n) is 9.67. The topological polar surface area (TPSA) is 80.2 Å². The number of hydrogen-bond acceptors (Lipinski definition) is 3. The number of nitrogens with one attached hydrogen (secondary N) is 2. The molecule has 0 aliphatic carbocycles. The van der Waals surface area contributed by atoms with Gasteiger partial charge in [-0.15, -0.1) is 0 Å². The van der Waals surface area contributed by atoms with Crippen LogP contribution < -0.4 is 16.2 Å². The highest BCUT2D eigenvalue weighted by molar-refractivity contribution is 6.04. The quantitative estimate of drug-likeness (QED) is 0.605.